The molecular weight excluding hydrogens is 404 g/mol. The lowest BCUT2D eigenvalue weighted by Crippen LogP contribution is -2.42. The lowest BCUT2D eigenvalue weighted by atomic mass is 10.0. The maximum atomic E-state index is 12.9. The van der Waals surface area contributed by atoms with Crippen LogP contribution in [0.4, 0.5) is 0 Å². The molecule has 7 nitrogen and oxygen atoms in total. The topological polar surface area (TPSA) is 77.1 Å². The molecule has 0 aliphatic carbocycles. The molecule has 0 aromatic heterocycles. The predicted molar refractivity (Wildman–Crippen MR) is 113 cm³/mol. The minimum absolute atomic E-state index is 0.0423. The van der Waals surface area contributed by atoms with Gasteiger partial charge >= 0.3 is 0 Å². The van der Waals surface area contributed by atoms with E-state index in [2.05, 4.69) is 4.72 Å². The van der Waals surface area contributed by atoms with Gasteiger partial charge in [-0.2, -0.15) is 5.06 Å². The third-order valence-electron chi connectivity index (χ3n) is 5.59. The summed E-state index contributed by atoms with van der Waals surface area (Å²) in [5, 5.41) is 0.926. The van der Waals surface area contributed by atoms with Crippen molar-refractivity contribution in [2.75, 3.05) is 26.8 Å². The zero-order valence-electron chi connectivity index (χ0n) is 17.1. The quantitative estimate of drug-likeness (QED) is 0.691. The Morgan fingerprint density at radius 3 is 2.60 bits per heavy atom. The molecule has 2 heterocycles. The molecule has 2 aromatic carbocycles. The molecule has 0 spiro atoms. The second-order valence-corrected chi connectivity index (χ2v) is 9.68. The van der Waals surface area contributed by atoms with Gasteiger partial charge in [0.05, 0.1) is 18.8 Å². The second kappa shape index (κ2) is 9.45. The molecule has 4 rings (SSSR count). The van der Waals surface area contributed by atoms with E-state index in [0.29, 0.717) is 19.8 Å². The van der Waals surface area contributed by atoms with Gasteiger partial charge in [-0.1, -0.05) is 42.5 Å². The van der Waals surface area contributed by atoms with Crippen LogP contribution in [0.1, 0.15) is 30.0 Å². The Kier molecular flexibility index (Phi) is 6.70. The van der Waals surface area contributed by atoms with Crippen molar-refractivity contribution in [3.05, 3.63) is 65.7 Å². The van der Waals surface area contributed by atoms with E-state index in [1.807, 2.05) is 54.6 Å². The molecule has 2 aliphatic rings. The van der Waals surface area contributed by atoms with Gasteiger partial charge in [-0.15, -0.1) is 0 Å². The Hall–Kier alpha value is -1.97. The highest BCUT2D eigenvalue weighted by Gasteiger charge is 2.43. The van der Waals surface area contributed by atoms with Crippen molar-refractivity contribution in [1.29, 1.82) is 0 Å². The standard InChI is InChI=1S/C22H28N2O5S/c1-24-22(21(16-29-24)30(25,26)23-14-20-8-5-13-27-20)18-9-11-19(12-10-18)28-15-17-6-3-2-4-7-17/h2-4,6-7,9-12,20-23H,5,8,13-16H2,1H3. The molecule has 2 fully saturated rings. The van der Waals surface area contributed by atoms with Crippen LogP contribution in [0.5, 0.6) is 5.75 Å². The Bertz CT molecular complexity index is 914. The molecule has 2 aromatic rings. The van der Waals surface area contributed by atoms with E-state index in [-0.39, 0.29) is 12.7 Å². The summed E-state index contributed by atoms with van der Waals surface area (Å²) in [6.07, 6.45) is 1.82. The van der Waals surface area contributed by atoms with E-state index in [9.17, 15) is 8.42 Å². The molecule has 0 bridgehead atoms. The van der Waals surface area contributed by atoms with Crippen LogP contribution in [0.15, 0.2) is 54.6 Å². The van der Waals surface area contributed by atoms with Gasteiger partial charge < -0.3 is 9.47 Å². The van der Waals surface area contributed by atoms with E-state index >= 15 is 0 Å². The van der Waals surface area contributed by atoms with E-state index in [1.165, 1.54) is 0 Å². The second-order valence-electron chi connectivity index (χ2n) is 7.70. The molecule has 2 saturated heterocycles. The molecule has 2 aliphatic heterocycles. The van der Waals surface area contributed by atoms with E-state index in [4.69, 9.17) is 14.3 Å². The van der Waals surface area contributed by atoms with Crippen molar-refractivity contribution in [3.63, 3.8) is 0 Å². The Labute approximate surface area is 177 Å². The Balaban J connectivity index is 1.41. The first-order valence-electron chi connectivity index (χ1n) is 10.3. The van der Waals surface area contributed by atoms with Gasteiger partial charge in [0.1, 0.15) is 17.6 Å². The smallest absolute Gasteiger partial charge is 0.218 e. The maximum absolute atomic E-state index is 12.9. The monoisotopic (exact) mass is 432 g/mol. The van der Waals surface area contributed by atoms with E-state index in [0.717, 1.165) is 29.7 Å². The third-order valence-corrected chi connectivity index (χ3v) is 7.35. The van der Waals surface area contributed by atoms with Crippen molar-refractivity contribution in [1.82, 2.24) is 9.79 Å². The van der Waals surface area contributed by atoms with E-state index in [1.54, 1.807) is 12.1 Å². The first-order valence-corrected chi connectivity index (χ1v) is 11.8. The van der Waals surface area contributed by atoms with Gasteiger partial charge in [0.25, 0.3) is 0 Å². The number of sulfonamides is 1. The van der Waals surface area contributed by atoms with Gasteiger partial charge in [0, 0.05) is 20.2 Å². The lowest BCUT2D eigenvalue weighted by molar-refractivity contribution is -0.110. The summed E-state index contributed by atoms with van der Waals surface area (Å²) in [6.45, 7) is 1.61. The Morgan fingerprint density at radius 2 is 1.90 bits per heavy atom. The summed E-state index contributed by atoms with van der Waals surface area (Å²) in [7, 11) is -1.80. The highest BCUT2D eigenvalue weighted by atomic mass is 32.2. The lowest BCUT2D eigenvalue weighted by Gasteiger charge is -2.24. The number of ether oxygens (including phenoxy) is 2. The summed E-state index contributed by atoms with van der Waals surface area (Å²) in [4.78, 5) is 5.58. The molecule has 8 heteroatoms. The maximum Gasteiger partial charge on any atom is 0.218 e. The number of benzene rings is 2. The highest BCUT2D eigenvalue weighted by Crippen LogP contribution is 2.34. The molecule has 3 atom stereocenters. The van der Waals surface area contributed by atoms with Crippen LogP contribution in [0.2, 0.25) is 0 Å². The van der Waals surface area contributed by atoms with Crippen molar-refractivity contribution in [2.45, 2.75) is 36.8 Å². The van der Waals surface area contributed by atoms with Gasteiger partial charge in [0.2, 0.25) is 10.0 Å². The van der Waals surface area contributed by atoms with Crippen LogP contribution in [0, 0.1) is 0 Å². The van der Waals surface area contributed by atoms with Crippen molar-refractivity contribution >= 4 is 10.0 Å². The molecule has 1 N–H and O–H groups in total. The van der Waals surface area contributed by atoms with Crippen molar-refractivity contribution in [3.8, 4) is 5.75 Å². The zero-order valence-corrected chi connectivity index (χ0v) is 17.9. The molecule has 3 unspecified atom stereocenters. The number of hydroxylamine groups is 2. The molecule has 162 valence electrons. The number of nitrogens with one attached hydrogen (secondary N) is 1. The largest absolute Gasteiger partial charge is 0.489 e. The molecule has 0 saturated carbocycles. The summed E-state index contributed by atoms with van der Waals surface area (Å²) in [5.74, 6) is 0.736. The van der Waals surface area contributed by atoms with Crippen molar-refractivity contribution < 1.29 is 22.7 Å². The van der Waals surface area contributed by atoms with Crippen LogP contribution in [0.3, 0.4) is 0 Å². The summed E-state index contributed by atoms with van der Waals surface area (Å²) < 4.78 is 40.0. The summed E-state index contributed by atoms with van der Waals surface area (Å²) in [5.41, 5.74) is 1.96. The van der Waals surface area contributed by atoms with Gasteiger partial charge in [-0.3, -0.25) is 4.84 Å². The van der Waals surface area contributed by atoms with Crippen LogP contribution in [-0.2, 0) is 26.2 Å². The third kappa shape index (κ3) is 5.01. The number of nitrogens with zero attached hydrogens (tertiary/aromatic N) is 1. The fraction of sp³-hybridized carbons (Fsp3) is 0.455. The summed E-state index contributed by atoms with van der Waals surface area (Å²) >= 11 is 0. The first kappa shape index (κ1) is 21.3. The van der Waals surface area contributed by atoms with E-state index < -0.39 is 21.3 Å². The van der Waals surface area contributed by atoms with Crippen molar-refractivity contribution in [2.24, 2.45) is 0 Å². The van der Waals surface area contributed by atoms with Crippen LogP contribution < -0.4 is 9.46 Å². The average molecular weight is 433 g/mol. The number of rotatable bonds is 8. The first-order chi connectivity index (χ1) is 14.5. The SMILES string of the molecule is CN1OCC(S(=O)(=O)NCC2CCCO2)C1c1ccc(OCc2ccccc2)cc1. The minimum Gasteiger partial charge on any atom is -0.489 e. The predicted octanol–water partition coefficient (Wildman–Crippen LogP) is 2.65. The van der Waals surface area contributed by atoms with Crippen LogP contribution in [-0.4, -0.2) is 51.6 Å². The molecular formula is C22H28N2O5S. The Morgan fingerprint density at radius 1 is 1.13 bits per heavy atom. The minimum atomic E-state index is -3.56. The van der Waals surface area contributed by atoms with Gasteiger partial charge in [-0.05, 0) is 36.1 Å². The zero-order chi connectivity index (χ0) is 21.0. The average Bonchev–Trinajstić information content (AvgIpc) is 3.42. The number of hydrogen-bond donors (Lipinski definition) is 1. The van der Waals surface area contributed by atoms with Gasteiger partial charge in [-0.25, -0.2) is 13.1 Å². The fourth-order valence-corrected chi connectivity index (χ4v) is 5.44. The fourth-order valence-electron chi connectivity index (χ4n) is 3.90. The van der Waals surface area contributed by atoms with Gasteiger partial charge in [0.15, 0.2) is 0 Å². The highest BCUT2D eigenvalue weighted by molar-refractivity contribution is 7.90. The molecule has 0 radical (unpaired) electrons. The summed E-state index contributed by atoms with van der Waals surface area (Å²) in [6, 6.07) is 17.1. The van der Waals surface area contributed by atoms with Crippen LogP contribution >= 0.6 is 0 Å². The van der Waals surface area contributed by atoms with Crippen LogP contribution in [0.25, 0.3) is 0 Å². The normalized spacial score (nSPS) is 24.9. The number of hydrogen-bond acceptors (Lipinski definition) is 6. The molecule has 0 amide bonds. The molecule has 30 heavy (non-hydrogen) atoms.